The number of carboxylic acids is 1. The van der Waals surface area contributed by atoms with Gasteiger partial charge in [-0.1, -0.05) is 0 Å². The van der Waals surface area contributed by atoms with Crippen LogP contribution in [0.25, 0.3) is 0 Å². The number of carboxylic acid groups (broad SMARTS) is 1. The number of rotatable bonds is 3. The SMILES string of the molecule is CC(N)CCN1CCOC1=O.O=C(O)C(F)(F)F. The number of carbonyl (C=O) groups is 2. The first-order valence-corrected chi connectivity index (χ1v) is 5.12. The van der Waals surface area contributed by atoms with Crippen molar-refractivity contribution in [1.82, 2.24) is 4.90 Å². The van der Waals surface area contributed by atoms with Crippen LogP contribution in [0.3, 0.4) is 0 Å². The summed E-state index contributed by atoms with van der Waals surface area (Å²) in [6.07, 6.45) is -4.44. The summed E-state index contributed by atoms with van der Waals surface area (Å²) in [5.41, 5.74) is 5.54. The van der Waals surface area contributed by atoms with Crippen LogP contribution in [0, 0.1) is 0 Å². The largest absolute Gasteiger partial charge is 0.490 e. The van der Waals surface area contributed by atoms with Crippen LogP contribution < -0.4 is 5.73 Å². The van der Waals surface area contributed by atoms with Crippen molar-refractivity contribution in [2.45, 2.75) is 25.6 Å². The summed E-state index contributed by atoms with van der Waals surface area (Å²) >= 11 is 0. The zero-order valence-corrected chi connectivity index (χ0v) is 9.74. The number of nitrogens with zero attached hydrogens (tertiary/aromatic N) is 1. The van der Waals surface area contributed by atoms with Crippen molar-refractivity contribution in [3.8, 4) is 0 Å². The normalized spacial score (nSPS) is 16.7. The predicted molar refractivity (Wildman–Crippen MR) is 54.9 cm³/mol. The molecule has 1 rings (SSSR count). The van der Waals surface area contributed by atoms with Crippen LogP contribution in [0.15, 0.2) is 0 Å². The van der Waals surface area contributed by atoms with Gasteiger partial charge in [0.05, 0.1) is 6.54 Å². The predicted octanol–water partition coefficient (Wildman–Crippen LogP) is 0.809. The second-order valence-electron chi connectivity index (χ2n) is 3.67. The van der Waals surface area contributed by atoms with Crippen LogP contribution in [-0.4, -0.2) is 54.0 Å². The summed E-state index contributed by atoms with van der Waals surface area (Å²) in [4.78, 5) is 21.4. The minimum Gasteiger partial charge on any atom is -0.475 e. The van der Waals surface area contributed by atoms with E-state index in [2.05, 4.69) is 0 Å². The number of carbonyl (C=O) groups excluding carboxylic acids is 1. The third-order valence-electron chi connectivity index (χ3n) is 1.94. The van der Waals surface area contributed by atoms with Gasteiger partial charge in [0.25, 0.3) is 0 Å². The van der Waals surface area contributed by atoms with Gasteiger partial charge in [0.1, 0.15) is 6.61 Å². The minimum absolute atomic E-state index is 0.156. The second kappa shape index (κ2) is 7.04. The Bertz CT molecular complexity index is 294. The first-order chi connectivity index (χ1) is 8.14. The summed E-state index contributed by atoms with van der Waals surface area (Å²) in [7, 11) is 0. The summed E-state index contributed by atoms with van der Waals surface area (Å²) in [6.45, 7) is 3.89. The molecule has 0 saturated carbocycles. The number of ether oxygens (including phenoxy) is 1. The number of cyclic esters (lactones) is 1. The molecule has 0 bridgehead atoms. The molecule has 0 aromatic heterocycles. The molecule has 1 unspecified atom stereocenters. The van der Waals surface area contributed by atoms with Gasteiger partial charge in [0.15, 0.2) is 0 Å². The van der Waals surface area contributed by atoms with Crippen LogP contribution in [0.2, 0.25) is 0 Å². The fourth-order valence-electron chi connectivity index (χ4n) is 0.988. The third-order valence-corrected chi connectivity index (χ3v) is 1.94. The molecule has 0 aliphatic carbocycles. The first kappa shape index (κ1) is 16.5. The molecule has 0 aromatic rings. The van der Waals surface area contributed by atoms with Crippen LogP contribution in [0.5, 0.6) is 0 Å². The molecular formula is C9H15F3N2O4. The Morgan fingerprint density at radius 1 is 1.61 bits per heavy atom. The van der Waals surface area contributed by atoms with Crippen LogP contribution in [0.4, 0.5) is 18.0 Å². The molecule has 6 nitrogen and oxygen atoms in total. The van der Waals surface area contributed by atoms with Crippen molar-refractivity contribution in [2.75, 3.05) is 19.7 Å². The maximum atomic E-state index is 10.8. The van der Waals surface area contributed by atoms with E-state index in [0.717, 1.165) is 13.0 Å². The molecule has 1 atom stereocenters. The van der Waals surface area contributed by atoms with Crippen molar-refractivity contribution in [3.63, 3.8) is 0 Å². The van der Waals surface area contributed by atoms with Crippen molar-refractivity contribution in [3.05, 3.63) is 0 Å². The van der Waals surface area contributed by atoms with Gasteiger partial charge in [0, 0.05) is 12.6 Å². The summed E-state index contributed by atoms with van der Waals surface area (Å²) in [5.74, 6) is -2.76. The highest BCUT2D eigenvalue weighted by Gasteiger charge is 2.38. The van der Waals surface area contributed by atoms with E-state index in [1.54, 1.807) is 4.90 Å². The number of nitrogens with two attached hydrogens (primary N) is 1. The van der Waals surface area contributed by atoms with Crippen molar-refractivity contribution in [2.24, 2.45) is 5.73 Å². The number of halogens is 3. The van der Waals surface area contributed by atoms with Crippen molar-refractivity contribution in [1.29, 1.82) is 0 Å². The summed E-state index contributed by atoms with van der Waals surface area (Å²) in [6, 6.07) is 0.156. The Hall–Kier alpha value is -1.51. The van der Waals surface area contributed by atoms with Gasteiger partial charge in [-0.2, -0.15) is 13.2 Å². The average molecular weight is 272 g/mol. The zero-order valence-electron chi connectivity index (χ0n) is 9.74. The van der Waals surface area contributed by atoms with Crippen molar-refractivity contribution < 1.29 is 32.6 Å². The molecule has 18 heavy (non-hydrogen) atoms. The molecule has 3 N–H and O–H groups in total. The summed E-state index contributed by atoms with van der Waals surface area (Å²) in [5, 5.41) is 7.12. The highest BCUT2D eigenvalue weighted by atomic mass is 19.4. The molecule has 0 aromatic carbocycles. The highest BCUT2D eigenvalue weighted by molar-refractivity contribution is 5.73. The lowest BCUT2D eigenvalue weighted by Gasteiger charge is -2.13. The summed E-state index contributed by atoms with van der Waals surface area (Å²) < 4.78 is 36.5. The Balaban J connectivity index is 0.000000360. The van der Waals surface area contributed by atoms with E-state index in [1.807, 2.05) is 6.92 Å². The Morgan fingerprint density at radius 3 is 2.39 bits per heavy atom. The van der Waals surface area contributed by atoms with Gasteiger partial charge in [-0.05, 0) is 13.3 Å². The van der Waals surface area contributed by atoms with E-state index in [9.17, 15) is 18.0 Å². The lowest BCUT2D eigenvalue weighted by Crippen LogP contribution is -2.29. The zero-order chi connectivity index (χ0) is 14.3. The lowest BCUT2D eigenvalue weighted by molar-refractivity contribution is -0.192. The topological polar surface area (TPSA) is 92.9 Å². The molecule has 9 heteroatoms. The number of aliphatic carboxylic acids is 1. The van der Waals surface area contributed by atoms with Crippen LogP contribution >= 0.6 is 0 Å². The Morgan fingerprint density at radius 2 is 2.11 bits per heavy atom. The minimum atomic E-state index is -5.08. The smallest absolute Gasteiger partial charge is 0.475 e. The Kier molecular flexibility index (Phi) is 6.45. The van der Waals surface area contributed by atoms with E-state index in [1.165, 1.54) is 0 Å². The number of alkyl halides is 3. The first-order valence-electron chi connectivity index (χ1n) is 5.12. The van der Waals surface area contributed by atoms with E-state index in [4.69, 9.17) is 20.4 Å². The average Bonchev–Trinajstić information content (AvgIpc) is 2.60. The molecule has 0 spiro atoms. The monoisotopic (exact) mass is 272 g/mol. The van der Waals surface area contributed by atoms with Crippen LogP contribution in [-0.2, 0) is 9.53 Å². The van der Waals surface area contributed by atoms with Gasteiger partial charge in [-0.15, -0.1) is 0 Å². The molecule has 1 fully saturated rings. The number of hydrogen-bond acceptors (Lipinski definition) is 4. The Labute approximate surface area is 101 Å². The van der Waals surface area contributed by atoms with Gasteiger partial charge in [-0.3, -0.25) is 0 Å². The van der Waals surface area contributed by atoms with E-state index >= 15 is 0 Å². The van der Waals surface area contributed by atoms with Crippen molar-refractivity contribution >= 4 is 12.1 Å². The fraction of sp³-hybridized carbons (Fsp3) is 0.778. The molecular weight excluding hydrogens is 257 g/mol. The molecule has 1 heterocycles. The molecule has 1 saturated heterocycles. The van der Waals surface area contributed by atoms with E-state index in [0.29, 0.717) is 13.2 Å². The lowest BCUT2D eigenvalue weighted by atomic mass is 10.2. The van der Waals surface area contributed by atoms with Gasteiger partial charge >= 0.3 is 18.2 Å². The molecule has 1 aliphatic heterocycles. The maximum absolute atomic E-state index is 10.8. The maximum Gasteiger partial charge on any atom is 0.490 e. The van der Waals surface area contributed by atoms with E-state index in [-0.39, 0.29) is 12.1 Å². The molecule has 106 valence electrons. The third kappa shape index (κ3) is 6.94. The molecule has 0 radical (unpaired) electrons. The van der Waals surface area contributed by atoms with Gasteiger partial charge in [-0.25, -0.2) is 9.59 Å². The van der Waals surface area contributed by atoms with Crippen LogP contribution in [0.1, 0.15) is 13.3 Å². The quantitative estimate of drug-likeness (QED) is 0.793. The fourth-order valence-corrected chi connectivity index (χ4v) is 0.988. The van der Waals surface area contributed by atoms with E-state index < -0.39 is 12.1 Å². The molecule has 1 amide bonds. The van der Waals surface area contributed by atoms with Gasteiger partial charge in [0.2, 0.25) is 0 Å². The molecule has 1 aliphatic rings. The second-order valence-corrected chi connectivity index (χ2v) is 3.67. The number of hydrogen-bond donors (Lipinski definition) is 2. The highest BCUT2D eigenvalue weighted by Crippen LogP contribution is 2.13. The standard InChI is InChI=1S/C7H14N2O2.C2HF3O2/c1-6(8)2-3-9-4-5-11-7(9)10;3-2(4,5)1(6)7/h6H,2-5,8H2,1H3;(H,6,7). The number of amides is 1. The van der Waals surface area contributed by atoms with Gasteiger partial charge < -0.3 is 20.5 Å².